The highest BCUT2D eigenvalue weighted by molar-refractivity contribution is 5.85. The zero-order valence-corrected chi connectivity index (χ0v) is 7.11. The lowest BCUT2D eigenvalue weighted by Gasteiger charge is -2.05. The minimum Gasteiger partial charge on any atom is -0.468 e. The first-order valence-electron chi connectivity index (χ1n) is 3.05. The van der Waals surface area contributed by atoms with Crippen LogP contribution in [-0.4, -0.2) is 19.1 Å². The summed E-state index contributed by atoms with van der Waals surface area (Å²) in [4.78, 5) is 10.6. The van der Waals surface area contributed by atoms with Crippen LogP contribution in [0, 0.1) is 0 Å². The van der Waals surface area contributed by atoms with E-state index >= 15 is 0 Å². The molecule has 0 heterocycles. The third-order valence-corrected chi connectivity index (χ3v) is 1.10. The number of rotatable bonds is 3. The van der Waals surface area contributed by atoms with Crippen molar-refractivity contribution in [3.63, 3.8) is 0 Å². The molecule has 3 nitrogen and oxygen atoms in total. The molecule has 0 saturated carbocycles. The molecule has 0 unspecified atom stereocenters. The minimum absolute atomic E-state index is 0. The monoisotopic (exact) mass is 167 g/mol. The molecule has 0 aliphatic rings. The maximum atomic E-state index is 10.6. The molecule has 0 saturated heterocycles. The number of carbonyl (C=O) groups excluding carboxylic acids is 1. The van der Waals surface area contributed by atoms with E-state index in [0.717, 1.165) is 6.42 Å². The molecule has 0 amide bonds. The maximum Gasteiger partial charge on any atom is 0.322 e. The lowest BCUT2D eigenvalue weighted by molar-refractivity contribution is -0.142. The predicted molar refractivity (Wildman–Crippen MR) is 42.1 cm³/mol. The van der Waals surface area contributed by atoms with Crippen molar-refractivity contribution in [1.82, 2.24) is 0 Å². The number of methoxy groups -OCH3 is 1. The fourth-order valence-electron chi connectivity index (χ4n) is 0.580. The smallest absolute Gasteiger partial charge is 0.322 e. The van der Waals surface area contributed by atoms with Gasteiger partial charge >= 0.3 is 5.97 Å². The van der Waals surface area contributed by atoms with Crippen molar-refractivity contribution in [2.24, 2.45) is 5.73 Å². The molecule has 2 N–H and O–H groups in total. The Morgan fingerprint density at radius 1 is 1.70 bits per heavy atom. The summed E-state index contributed by atoms with van der Waals surface area (Å²) in [6.07, 6.45) is 1.61. The van der Waals surface area contributed by atoms with Gasteiger partial charge in [-0.05, 0) is 6.42 Å². The van der Waals surface area contributed by atoms with E-state index in [4.69, 9.17) is 5.73 Å². The normalized spacial score (nSPS) is 11.5. The van der Waals surface area contributed by atoms with Crippen LogP contribution in [0.1, 0.15) is 19.8 Å². The van der Waals surface area contributed by atoms with Gasteiger partial charge in [-0.15, -0.1) is 12.4 Å². The van der Waals surface area contributed by atoms with Crippen molar-refractivity contribution < 1.29 is 9.53 Å². The van der Waals surface area contributed by atoms with Gasteiger partial charge in [-0.2, -0.15) is 0 Å². The highest BCUT2D eigenvalue weighted by atomic mass is 35.5. The largest absolute Gasteiger partial charge is 0.468 e. The molecule has 0 radical (unpaired) electrons. The molecule has 4 heteroatoms. The van der Waals surface area contributed by atoms with E-state index in [1.165, 1.54) is 7.11 Å². The van der Waals surface area contributed by atoms with Crippen LogP contribution in [-0.2, 0) is 9.53 Å². The average molecular weight is 168 g/mol. The van der Waals surface area contributed by atoms with Crippen molar-refractivity contribution in [1.29, 1.82) is 0 Å². The molecule has 10 heavy (non-hydrogen) atoms. The lowest BCUT2D eigenvalue weighted by Crippen LogP contribution is -2.31. The Balaban J connectivity index is 0. The van der Waals surface area contributed by atoms with Crippen LogP contribution in [0.3, 0.4) is 0 Å². The summed E-state index contributed by atoms with van der Waals surface area (Å²) >= 11 is 0. The Hall–Kier alpha value is -0.280. The highest BCUT2D eigenvalue weighted by Gasteiger charge is 2.10. The Labute approximate surface area is 67.3 Å². The van der Waals surface area contributed by atoms with Crippen molar-refractivity contribution in [3.05, 3.63) is 0 Å². The molecule has 0 fully saturated rings. The van der Waals surface area contributed by atoms with E-state index in [1.807, 2.05) is 6.92 Å². The van der Waals surface area contributed by atoms with Crippen LogP contribution in [0.5, 0.6) is 0 Å². The number of carbonyl (C=O) groups is 1. The molecular formula is C6H14ClNO2. The van der Waals surface area contributed by atoms with Gasteiger partial charge in [-0.1, -0.05) is 13.3 Å². The second-order valence-electron chi connectivity index (χ2n) is 1.92. The quantitative estimate of drug-likeness (QED) is 0.630. The fourth-order valence-corrected chi connectivity index (χ4v) is 0.580. The van der Waals surface area contributed by atoms with Gasteiger partial charge in [-0.3, -0.25) is 4.79 Å². The Morgan fingerprint density at radius 2 is 2.20 bits per heavy atom. The highest BCUT2D eigenvalue weighted by Crippen LogP contribution is 1.93. The van der Waals surface area contributed by atoms with Gasteiger partial charge < -0.3 is 10.5 Å². The fraction of sp³-hybridized carbons (Fsp3) is 0.833. The minimum atomic E-state index is -0.431. The molecule has 1 atom stereocenters. The molecule has 0 aliphatic carbocycles. The van der Waals surface area contributed by atoms with Gasteiger partial charge in [0.25, 0.3) is 0 Å². The predicted octanol–water partition coefficient (Wildman–Crippen LogP) is 0.709. The van der Waals surface area contributed by atoms with Crippen LogP contribution < -0.4 is 5.73 Å². The zero-order chi connectivity index (χ0) is 7.28. The van der Waals surface area contributed by atoms with Crippen molar-refractivity contribution >= 4 is 18.4 Å². The first kappa shape index (κ1) is 12.4. The van der Waals surface area contributed by atoms with E-state index in [-0.39, 0.29) is 18.4 Å². The van der Waals surface area contributed by atoms with E-state index < -0.39 is 6.04 Å². The van der Waals surface area contributed by atoms with Gasteiger partial charge in [0.1, 0.15) is 6.04 Å². The van der Waals surface area contributed by atoms with Gasteiger partial charge in [0.05, 0.1) is 7.11 Å². The summed E-state index contributed by atoms with van der Waals surface area (Å²) in [7, 11) is 1.35. The summed E-state index contributed by atoms with van der Waals surface area (Å²) < 4.78 is 4.40. The van der Waals surface area contributed by atoms with Crippen LogP contribution in [0.15, 0.2) is 0 Å². The summed E-state index contributed by atoms with van der Waals surface area (Å²) in [5.41, 5.74) is 5.36. The van der Waals surface area contributed by atoms with Gasteiger partial charge in [0, 0.05) is 0 Å². The standard InChI is InChI=1S/C6H13NO2.ClH/c1-3-4-5(7)6(8)9-2;/h5H,3-4,7H2,1-2H3;1H/t5-;/m1./s1. The molecular weight excluding hydrogens is 154 g/mol. The number of nitrogens with two attached hydrogens (primary N) is 1. The average Bonchev–Trinajstić information content (AvgIpc) is 1.87. The molecule has 0 rings (SSSR count). The van der Waals surface area contributed by atoms with Crippen molar-refractivity contribution in [3.8, 4) is 0 Å². The van der Waals surface area contributed by atoms with Crippen LogP contribution in [0.4, 0.5) is 0 Å². The SMILES string of the molecule is CCC[C@@H](N)C(=O)OC.Cl. The van der Waals surface area contributed by atoms with Gasteiger partial charge in [0.15, 0.2) is 0 Å². The van der Waals surface area contributed by atoms with Gasteiger partial charge in [-0.25, -0.2) is 0 Å². The summed E-state index contributed by atoms with van der Waals surface area (Å²) in [6.45, 7) is 1.98. The number of esters is 1. The number of hydrogen-bond donors (Lipinski definition) is 1. The van der Waals surface area contributed by atoms with Gasteiger partial charge in [0.2, 0.25) is 0 Å². The molecule has 0 spiro atoms. The summed E-state index contributed by atoms with van der Waals surface area (Å²) in [5, 5.41) is 0. The van der Waals surface area contributed by atoms with Crippen molar-refractivity contribution in [2.75, 3.05) is 7.11 Å². The second-order valence-corrected chi connectivity index (χ2v) is 1.92. The van der Waals surface area contributed by atoms with E-state index in [2.05, 4.69) is 4.74 Å². The van der Waals surface area contributed by atoms with E-state index in [0.29, 0.717) is 6.42 Å². The first-order valence-corrected chi connectivity index (χ1v) is 3.05. The Bertz CT molecular complexity index is 97.7. The maximum absolute atomic E-state index is 10.6. The number of hydrogen-bond acceptors (Lipinski definition) is 3. The van der Waals surface area contributed by atoms with E-state index in [1.54, 1.807) is 0 Å². The van der Waals surface area contributed by atoms with Crippen LogP contribution in [0.25, 0.3) is 0 Å². The molecule has 0 aliphatic heterocycles. The topological polar surface area (TPSA) is 52.3 Å². The molecule has 0 aromatic rings. The molecule has 0 bridgehead atoms. The summed E-state index contributed by atoms with van der Waals surface area (Å²) in [5.74, 6) is -0.322. The second kappa shape index (κ2) is 6.83. The molecule has 62 valence electrons. The third-order valence-electron chi connectivity index (χ3n) is 1.10. The van der Waals surface area contributed by atoms with Crippen molar-refractivity contribution in [2.45, 2.75) is 25.8 Å². The molecule has 0 aromatic heterocycles. The zero-order valence-electron chi connectivity index (χ0n) is 6.29. The van der Waals surface area contributed by atoms with Crippen LogP contribution in [0.2, 0.25) is 0 Å². The van der Waals surface area contributed by atoms with Crippen LogP contribution >= 0.6 is 12.4 Å². The Morgan fingerprint density at radius 3 is 2.50 bits per heavy atom. The number of halogens is 1. The molecule has 0 aromatic carbocycles. The first-order chi connectivity index (χ1) is 4.22. The lowest BCUT2D eigenvalue weighted by atomic mass is 10.2. The Kier molecular flexibility index (Phi) is 8.48. The van der Waals surface area contributed by atoms with E-state index in [9.17, 15) is 4.79 Å². The number of ether oxygens (including phenoxy) is 1. The third kappa shape index (κ3) is 4.58. The summed E-state index contributed by atoms with van der Waals surface area (Å²) in [6, 6.07) is -0.431.